The molecule has 1 aliphatic rings. The van der Waals surface area contributed by atoms with Crippen molar-refractivity contribution < 1.29 is 28.8 Å². The molecule has 0 unspecified atom stereocenters. The highest BCUT2D eigenvalue weighted by Gasteiger charge is 2.52. The van der Waals surface area contributed by atoms with Gasteiger partial charge >= 0.3 is 0 Å². The number of hydrazine groups is 1. The van der Waals surface area contributed by atoms with Crippen molar-refractivity contribution in [3.05, 3.63) is 130 Å². The van der Waals surface area contributed by atoms with Crippen molar-refractivity contribution in [2.45, 2.75) is 31.0 Å². The summed E-state index contributed by atoms with van der Waals surface area (Å²) in [6.07, 6.45) is 4.00. The smallest absolute Gasteiger partial charge is 0.266 e. The summed E-state index contributed by atoms with van der Waals surface area (Å²) in [5.41, 5.74) is 7.95. The lowest BCUT2D eigenvalue weighted by Crippen LogP contribution is -2.52. The Bertz CT molecular complexity index is 1680. The predicted octanol–water partition coefficient (Wildman–Crippen LogP) is 6.41. The number of carbonyl (C=O) groups is 1. The Balaban J connectivity index is 1.49. The van der Waals surface area contributed by atoms with Crippen LogP contribution in [0.15, 0.2) is 113 Å². The number of aliphatic hydroxyl groups excluding tert-OH is 1. The van der Waals surface area contributed by atoms with Gasteiger partial charge in [0.05, 0.1) is 20.8 Å². The van der Waals surface area contributed by atoms with Crippen molar-refractivity contribution in [1.29, 1.82) is 0 Å². The molecule has 0 aromatic heterocycles. The second kappa shape index (κ2) is 16.3. The Morgan fingerprint density at radius 1 is 0.979 bits per heavy atom. The number of halogens is 1. The van der Waals surface area contributed by atoms with E-state index in [4.69, 9.17) is 29.0 Å². The van der Waals surface area contributed by atoms with Gasteiger partial charge in [0.25, 0.3) is 5.91 Å². The van der Waals surface area contributed by atoms with Crippen LogP contribution in [0.3, 0.4) is 0 Å². The third kappa shape index (κ3) is 8.21. The lowest BCUT2D eigenvalue weighted by molar-refractivity contribution is -0.129. The van der Waals surface area contributed by atoms with Crippen LogP contribution in [0.1, 0.15) is 41.2 Å². The van der Waals surface area contributed by atoms with Gasteiger partial charge in [-0.3, -0.25) is 10.2 Å². The molecule has 9 nitrogen and oxygen atoms in total. The van der Waals surface area contributed by atoms with Gasteiger partial charge in [0.1, 0.15) is 5.75 Å². The minimum Gasteiger partial charge on any atom is -0.494 e. The number of nitrogens with one attached hydrogen (secondary N) is 2. The van der Waals surface area contributed by atoms with Crippen LogP contribution >= 0.6 is 15.9 Å². The molecule has 1 amide bonds. The highest BCUT2D eigenvalue weighted by Crippen LogP contribution is 2.43. The molecular formula is C37H38BrN3O6. The molecule has 0 aliphatic carbocycles. The first-order chi connectivity index (χ1) is 23.0. The first kappa shape index (κ1) is 33.7. The Labute approximate surface area is 283 Å². The summed E-state index contributed by atoms with van der Waals surface area (Å²) in [5.74, 6) is 1.83. The number of rotatable bonds is 15. The van der Waals surface area contributed by atoms with E-state index in [1.807, 2.05) is 109 Å². The van der Waals surface area contributed by atoms with Crippen molar-refractivity contribution in [2.24, 2.45) is 4.99 Å². The van der Waals surface area contributed by atoms with E-state index in [0.717, 1.165) is 21.2 Å². The number of ether oxygens (including phenoxy) is 4. The summed E-state index contributed by atoms with van der Waals surface area (Å²) in [4.78, 5) is 19.5. The molecule has 0 radical (unpaired) electrons. The number of carbonyl (C=O) groups excluding carboxylic acids is 1. The number of nitrogens with zero attached hydrogens (tertiary/aromatic N) is 1. The molecule has 0 fully saturated rings. The fraction of sp³-hybridized carbons (Fsp3) is 0.243. The number of hydrogen-bond donors (Lipinski definition) is 3. The van der Waals surface area contributed by atoms with Crippen LogP contribution < -0.4 is 25.1 Å². The van der Waals surface area contributed by atoms with Crippen LogP contribution in [-0.4, -0.2) is 49.9 Å². The number of methoxy groups -OCH3 is 2. The third-order valence-corrected chi connectivity index (χ3v) is 8.24. The zero-order valence-corrected chi connectivity index (χ0v) is 27.9. The highest BCUT2D eigenvalue weighted by atomic mass is 79.9. The number of hydrogen-bond acceptors (Lipinski definition) is 8. The monoisotopic (exact) mass is 699 g/mol. The van der Waals surface area contributed by atoms with Crippen molar-refractivity contribution in [3.8, 4) is 17.2 Å². The molecule has 4 aromatic carbocycles. The number of para-hydroxylation sites is 1. The topological polar surface area (TPSA) is 111 Å². The van der Waals surface area contributed by atoms with E-state index in [2.05, 4.69) is 26.8 Å². The maximum atomic E-state index is 14.4. The number of benzene rings is 4. The van der Waals surface area contributed by atoms with Gasteiger partial charge < -0.3 is 24.1 Å². The van der Waals surface area contributed by atoms with Crippen molar-refractivity contribution in [3.63, 3.8) is 0 Å². The maximum absolute atomic E-state index is 14.4. The minimum absolute atomic E-state index is 0.0605. The molecule has 1 aliphatic heterocycles. The third-order valence-electron chi connectivity index (χ3n) is 7.71. The normalized spacial score (nSPS) is 17.2. The van der Waals surface area contributed by atoms with Gasteiger partial charge in [-0.05, 0) is 53.6 Å². The molecule has 47 heavy (non-hydrogen) atoms. The van der Waals surface area contributed by atoms with E-state index in [0.29, 0.717) is 41.7 Å². The molecule has 5 rings (SSSR count). The average molecular weight is 701 g/mol. The van der Waals surface area contributed by atoms with Crippen molar-refractivity contribution in [2.75, 3.05) is 27.4 Å². The summed E-state index contributed by atoms with van der Waals surface area (Å²) in [7, 11) is 3.16. The van der Waals surface area contributed by atoms with Crippen molar-refractivity contribution >= 4 is 33.8 Å². The molecule has 4 aromatic rings. The molecule has 0 saturated carbocycles. The zero-order valence-electron chi connectivity index (χ0n) is 26.3. The van der Waals surface area contributed by atoms with E-state index < -0.39 is 11.6 Å². The minimum atomic E-state index is -1.36. The Kier molecular flexibility index (Phi) is 11.7. The van der Waals surface area contributed by atoms with Crippen LogP contribution in [0, 0.1) is 0 Å². The average Bonchev–Trinajstić information content (AvgIpc) is 3.50. The summed E-state index contributed by atoms with van der Waals surface area (Å²) in [6.45, 7) is 0.746. The van der Waals surface area contributed by atoms with Gasteiger partial charge in [-0.2, -0.15) is 0 Å². The van der Waals surface area contributed by atoms with E-state index in [1.54, 1.807) is 14.2 Å². The molecule has 3 N–H and O–H groups in total. The summed E-state index contributed by atoms with van der Waals surface area (Å²) >= 11 is 3.52. The molecule has 10 heteroatoms. The predicted molar refractivity (Wildman–Crippen MR) is 185 cm³/mol. The number of aliphatic imine (C=N–C) groups is 1. The van der Waals surface area contributed by atoms with E-state index in [-0.39, 0.29) is 25.5 Å². The second-order valence-electron chi connectivity index (χ2n) is 10.8. The van der Waals surface area contributed by atoms with Crippen LogP contribution in [0.5, 0.6) is 17.2 Å². The fourth-order valence-electron chi connectivity index (χ4n) is 5.31. The fourth-order valence-corrected chi connectivity index (χ4v) is 5.58. The van der Waals surface area contributed by atoms with E-state index in [1.165, 1.54) is 0 Å². The molecular weight excluding hydrogens is 662 g/mol. The lowest BCUT2D eigenvalue weighted by Gasteiger charge is -2.30. The standard InChI is InChI=1S/C37H38BrN3O6/c1-44-32-13-6-12-29(33(32)45-2)25-39-41-36(43)37(22-7-11-26-9-4-3-5-10-26)34(27-14-18-30(38)19-15-27)47-35(40-37)28-16-20-31(21-17-28)46-24-8-23-42/h3-7,9-21,34,39,42H,8,22-25H2,1-2H3,(H,41,43)/b11-7+/t34-,37-/m0/s1. The molecule has 0 bridgehead atoms. The Morgan fingerprint density at radius 2 is 1.74 bits per heavy atom. The molecule has 0 spiro atoms. The second-order valence-corrected chi connectivity index (χ2v) is 11.7. The van der Waals surface area contributed by atoms with Crippen LogP contribution in [0.2, 0.25) is 0 Å². The number of aliphatic hydroxyl groups is 1. The quantitative estimate of drug-likeness (QED) is 0.0972. The van der Waals surface area contributed by atoms with Gasteiger partial charge in [-0.25, -0.2) is 10.4 Å². The maximum Gasteiger partial charge on any atom is 0.266 e. The van der Waals surface area contributed by atoms with E-state index >= 15 is 0 Å². The van der Waals surface area contributed by atoms with E-state index in [9.17, 15) is 4.79 Å². The molecule has 0 saturated heterocycles. The summed E-state index contributed by atoms with van der Waals surface area (Å²) < 4.78 is 24.2. The molecule has 244 valence electrons. The largest absolute Gasteiger partial charge is 0.494 e. The zero-order chi connectivity index (χ0) is 33.1. The van der Waals surface area contributed by atoms with Crippen LogP contribution in [0.4, 0.5) is 0 Å². The van der Waals surface area contributed by atoms with Crippen LogP contribution in [0.25, 0.3) is 6.08 Å². The SMILES string of the molecule is COc1cccc(CNNC(=O)[C@@]2(C/C=C/c3ccccc3)N=C(c3ccc(OCCCO)cc3)O[C@H]2c2ccc(Br)cc2)c1OC. The van der Waals surface area contributed by atoms with Gasteiger partial charge in [0, 0.05) is 41.6 Å². The van der Waals surface area contributed by atoms with Gasteiger partial charge in [-0.1, -0.05) is 82.7 Å². The van der Waals surface area contributed by atoms with Crippen LogP contribution in [-0.2, 0) is 16.1 Å². The van der Waals surface area contributed by atoms with Gasteiger partial charge in [0.2, 0.25) is 5.90 Å². The Morgan fingerprint density at radius 3 is 2.45 bits per heavy atom. The lowest BCUT2D eigenvalue weighted by atomic mass is 9.84. The molecule has 2 atom stereocenters. The summed E-state index contributed by atoms with van der Waals surface area (Å²) in [5, 5.41) is 9.08. The first-order valence-electron chi connectivity index (χ1n) is 15.3. The summed E-state index contributed by atoms with van der Waals surface area (Å²) in [6, 6.07) is 30.6. The van der Waals surface area contributed by atoms with Crippen molar-refractivity contribution in [1.82, 2.24) is 10.9 Å². The Hall–Kier alpha value is -4.64. The first-order valence-corrected chi connectivity index (χ1v) is 16.1. The molecule has 1 heterocycles. The highest BCUT2D eigenvalue weighted by molar-refractivity contribution is 9.10. The van der Waals surface area contributed by atoms with Gasteiger partial charge in [0.15, 0.2) is 23.1 Å². The van der Waals surface area contributed by atoms with Gasteiger partial charge in [-0.15, -0.1) is 0 Å². The number of amides is 1.